The van der Waals surface area contributed by atoms with Gasteiger partial charge < -0.3 is 24.4 Å². The van der Waals surface area contributed by atoms with Gasteiger partial charge in [-0.15, -0.1) is 0 Å². The molecule has 32 heavy (non-hydrogen) atoms. The predicted octanol–water partition coefficient (Wildman–Crippen LogP) is 2.50. The van der Waals surface area contributed by atoms with E-state index in [1.807, 2.05) is 48.5 Å². The summed E-state index contributed by atoms with van der Waals surface area (Å²) in [6.07, 6.45) is 1.68. The number of nitrogens with one attached hydrogen (secondary N) is 2. The van der Waals surface area contributed by atoms with Gasteiger partial charge in [-0.2, -0.15) is 20.1 Å². The lowest BCUT2D eigenvalue weighted by molar-refractivity contribution is 0.122. The molecule has 0 amide bonds. The molecule has 10 heteroatoms. The Morgan fingerprint density at radius 3 is 2.62 bits per heavy atom. The summed E-state index contributed by atoms with van der Waals surface area (Å²) in [6.45, 7) is 3.58. The van der Waals surface area contributed by atoms with Gasteiger partial charge in [0.15, 0.2) is 11.5 Å². The monoisotopic (exact) mass is 433 g/mol. The van der Waals surface area contributed by atoms with E-state index in [0.717, 1.165) is 30.0 Å². The molecule has 3 heterocycles. The van der Waals surface area contributed by atoms with Gasteiger partial charge in [0.2, 0.25) is 24.6 Å². The number of anilines is 3. The number of hydrogen-bond acceptors (Lipinski definition) is 10. The second-order valence-corrected chi connectivity index (χ2v) is 7.20. The van der Waals surface area contributed by atoms with Crippen LogP contribution in [0.25, 0.3) is 0 Å². The lowest BCUT2D eigenvalue weighted by Crippen LogP contribution is -2.37. The van der Waals surface area contributed by atoms with Crippen molar-refractivity contribution in [3.8, 4) is 11.5 Å². The van der Waals surface area contributed by atoms with Crippen LogP contribution >= 0.6 is 0 Å². The molecule has 1 aromatic heterocycles. The number of fused-ring (bicyclic) bond motifs is 1. The molecule has 0 bridgehead atoms. The van der Waals surface area contributed by atoms with Gasteiger partial charge in [-0.05, 0) is 29.3 Å². The van der Waals surface area contributed by atoms with E-state index < -0.39 is 0 Å². The first-order valence-corrected chi connectivity index (χ1v) is 10.4. The lowest BCUT2D eigenvalue weighted by atomic mass is 10.2. The van der Waals surface area contributed by atoms with Crippen LogP contribution in [0.3, 0.4) is 0 Å². The number of ether oxygens (including phenoxy) is 3. The van der Waals surface area contributed by atoms with Crippen LogP contribution in [0, 0.1) is 0 Å². The van der Waals surface area contributed by atoms with Crippen LogP contribution in [0.1, 0.15) is 11.1 Å². The highest BCUT2D eigenvalue weighted by Gasteiger charge is 2.17. The maximum absolute atomic E-state index is 5.45. The van der Waals surface area contributed by atoms with E-state index in [-0.39, 0.29) is 6.79 Å². The van der Waals surface area contributed by atoms with Crippen molar-refractivity contribution in [3.05, 3.63) is 59.7 Å². The van der Waals surface area contributed by atoms with E-state index in [4.69, 9.17) is 14.2 Å². The van der Waals surface area contributed by atoms with Gasteiger partial charge in [-0.25, -0.2) is 5.43 Å². The molecule has 0 saturated carbocycles. The second kappa shape index (κ2) is 9.48. The summed E-state index contributed by atoms with van der Waals surface area (Å²) in [6, 6.07) is 15.7. The lowest BCUT2D eigenvalue weighted by Gasteiger charge is -2.27. The summed E-state index contributed by atoms with van der Waals surface area (Å²) < 4.78 is 16.2. The van der Waals surface area contributed by atoms with Crippen LogP contribution in [-0.2, 0) is 11.3 Å². The molecule has 2 aromatic carbocycles. The van der Waals surface area contributed by atoms with Crippen molar-refractivity contribution in [2.45, 2.75) is 6.54 Å². The average molecular weight is 433 g/mol. The maximum atomic E-state index is 5.45. The zero-order valence-corrected chi connectivity index (χ0v) is 17.4. The fraction of sp³-hybridized carbons (Fsp3) is 0.273. The molecule has 1 fully saturated rings. The summed E-state index contributed by atoms with van der Waals surface area (Å²) >= 11 is 0. The Kier molecular flexibility index (Phi) is 5.93. The highest BCUT2D eigenvalue weighted by atomic mass is 16.7. The maximum Gasteiger partial charge on any atom is 0.250 e. The van der Waals surface area contributed by atoms with Crippen molar-refractivity contribution in [2.75, 3.05) is 48.7 Å². The Bertz CT molecular complexity index is 1090. The Hall–Kier alpha value is -3.92. The second-order valence-electron chi connectivity index (χ2n) is 7.20. The first-order valence-electron chi connectivity index (χ1n) is 10.4. The molecule has 2 aliphatic rings. The van der Waals surface area contributed by atoms with E-state index in [1.165, 1.54) is 0 Å². The SMILES string of the molecule is C(=N/Nc1nc(NCc2ccccc2)nc(N2CCOCC2)n1)/c1ccc2c(c1)OCO2. The number of morpholine rings is 1. The van der Waals surface area contributed by atoms with Gasteiger partial charge in [0, 0.05) is 19.6 Å². The van der Waals surface area contributed by atoms with Gasteiger partial charge in [0.25, 0.3) is 0 Å². The third-order valence-corrected chi connectivity index (χ3v) is 4.99. The molecule has 3 aromatic rings. The van der Waals surface area contributed by atoms with E-state index in [1.54, 1.807) is 6.21 Å². The Balaban J connectivity index is 1.32. The summed E-state index contributed by atoms with van der Waals surface area (Å²) in [5, 5.41) is 7.56. The number of hydrogen-bond donors (Lipinski definition) is 2. The minimum absolute atomic E-state index is 0.238. The molecule has 2 aliphatic heterocycles. The summed E-state index contributed by atoms with van der Waals surface area (Å²) in [5.74, 6) is 2.85. The summed E-state index contributed by atoms with van der Waals surface area (Å²) in [5.41, 5.74) is 4.92. The predicted molar refractivity (Wildman–Crippen MR) is 120 cm³/mol. The van der Waals surface area contributed by atoms with Crippen LogP contribution in [0.5, 0.6) is 11.5 Å². The molecular weight excluding hydrogens is 410 g/mol. The topological polar surface area (TPSA) is 106 Å². The van der Waals surface area contributed by atoms with Gasteiger partial charge in [0.05, 0.1) is 19.4 Å². The van der Waals surface area contributed by atoms with Gasteiger partial charge >= 0.3 is 0 Å². The first kappa shape index (κ1) is 20.0. The Morgan fingerprint density at radius 2 is 1.75 bits per heavy atom. The Morgan fingerprint density at radius 1 is 0.938 bits per heavy atom. The third-order valence-electron chi connectivity index (χ3n) is 4.99. The van der Waals surface area contributed by atoms with E-state index >= 15 is 0 Å². The minimum atomic E-state index is 0.238. The Labute approximate surface area is 185 Å². The molecule has 0 aliphatic carbocycles. The quantitative estimate of drug-likeness (QED) is 0.429. The normalized spacial score (nSPS) is 15.2. The van der Waals surface area contributed by atoms with Crippen LogP contribution < -0.4 is 25.1 Å². The molecular formula is C22H23N7O3. The third kappa shape index (κ3) is 4.86. The largest absolute Gasteiger partial charge is 0.454 e. The molecule has 10 nitrogen and oxygen atoms in total. The molecule has 1 saturated heterocycles. The van der Waals surface area contributed by atoms with Crippen LogP contribution in [0.4, 0.5) is 17.8 Å². The zero-order valence-electron chi connectivity index (χ0n) is 17.4. The van der Waals surface area contributed by atoms with Crippen molar-refractivity contribution in [3.63, 3.8) is 0 Å². The van der Waals surface area contributed by atoms with Crippen LogP contribution in [-0.4, -0.2) is 54.3 Å². The summed E-state index contributed by atoms with van der Waals surface area (Å²) in [7, 11) is 0. The number of rotatable bonds is 7. The fourth-order valence-electron chi connectivity index (χ4n) is 3.33. The number of nitrogens with zero attached hydrogens (tertiary/aromatic N) is 5. The van der Waals surface area contributed by atoms with E-state index in [9.17, 15) is 0 Å². The molecule has 0 spiro atoms. The van der Waals surface area contributed by atoms with Gasteiger partial charge in [-0.1, -0.05) is 30.3 Å². The molecule has 5 rings (SSSR count). The number of hydrazone groups is 1. The minimum Gasteiger partial charge on any atom is -0.454 e. The van der Waals surface area contributed by atoms with Gasteiger partial charge in [0.1, 0.15) is 0 Å². The zero-order chi connectivity index (χ0) is 21.6. The standard InChI is InChI=1S/C22H23N7O3/c1-2-4-16(5-3-1)13-23-20-25-21(27-22(26-20)29-8-10-30-11-9-29)28-24-14-17-6-7-18-19(12-17)32-15-31-18/h1-7,12,14H,8-11,13,15H2,(H2,23,25,26,27,28)/b24-14-. The van der Waals surface area contributed by atoms with Crippen molar-refractivity contribution < 1.29 is 14.2 Å². The molecule has 0 atom stereocenters. The first-order chi connectivity index (χ1) is 15.8. The van der Waals surface area contributed by atoms with E-state index in [0.29, 0.717) is 43.4 Å². The summed E-state index contributed by atoms with van der Waals surface area (Å²) in [4.78, 5) is 15.7. The van der Waals surface area contributed by atoms with Gasteiger partial charge in [-0.3, -0.25) is 0 Å². The highest BCUT2D eigenvalue weighted by molar-refractivity contribution is 5.81. The smallest absolute Gasteiger partial charge is 0.250 e. The fourth-order valence-corrected chi connectivity index (χ4v) is 3.33. The highest BCUT2D eigenvalue weighted by Crippen LogP contribution is 2.32. The van der Waals surface area contributed by atoms with Crippen molar-refractivity contribution in [1.82, 2.24) is 15.0 Å². The molecule has 0 radical (unpaired) electrons. The van der Waals surface area contributed by atoms with Crippen LogP contribution in [0.2, 0.25) is 0 Å². The number of aromatic nitrogens is 3. The van der Waals surface area contributed by atoms with Crippen molar-refractivity contribution in [2.24, 2.45) is 5.10 Å². The van der Waals surface area contributed by atoms with E-state index in [2.05, 4.69) is 35.7 Å². The molecule has 2 N–H and O–H groups in total. The van der Waals surface area contributed by atoms with Crippen molar-refractivity contribution >= 4 is 24.1 Å². The van der Waals surface area contributed by atoms with Crippen molar-refractivity contribution in [1.29, 1.82) is 0 Å². The molecule has 164 valence electrons. The number of benzene rings is 2. The van der Waals surface area contributed by atoms with Crippen LogP contribution in [0.15, 0.2) is 53.6 Å². The molecule has 0 unspecified atom stereocenters. The average Bonchev–Trinajstić information content (AvgIpc) is 3.32.